The molecule has 5 aromatic carbocycles. The number of rotatable bonds is 1. The predicted octanol–water partition coefficient (Wildman–Crippen LogP) is 9.34. The lowest BCUT2D eigenvalue weighted by Gasteiger charge is -2.35. The van der Waals surface area contributed by atoms with Crippen molar-refractivity contribution in [3.8, 4) is 16.9 Å². The molecule has 3 heteroatoms. The summed E-state index contributed by atoms with van der Waals surface area (Å²) in [4.78, 5) is 10.1. The minimum atomic E-state index is -0.0978. The van der Waals surface area contributed by atoms with Crippen molar-refractivity contribution in [2.75, 3.05) is 0 Å². The number of benzene rings is 5. The molecule has 0 amide bonds. The fourth-order valence-electron chi connectivity index (χ4n) is 7.15. The van der Waals surface area contributed by atoms with Gasteiger partial charge in [-0.25, -0.2) is 4.98 Å². The van der Waals surface area contributed by atoms with Crippen molar-refractivity contribution in [1.82, 2.24) is 14.5 Å². The number of aromatic nitrogens is 3. The van der Waals surface area contributed by atoms with Gasteiger partial charge in [-0.1, -0.05) is 92.7 Å². The largest absolute Gasteiger partial charge is 0.293 e. The summed E-state index contributed by atoms with van der Waals surface area (Å²) in [5.41, 5.74) is 9.48. The SMILES string of the molecule is CC1(C)c2ccccc2-c2c3c1cccc3cc1c3ccccc3n(-c3ccc4ccc5cccnc5c4n3)c21. The number of pyridine rings is 2. The highest BCUT2D eigenvalue weighted by molar-refractivity contribution is 6.23. The van der Waals surface area contributed by atoms with E-state index in [1.54, 1.807) is 0 Å². The molecule has 0 spiro atoms. The lowest BCUT2D eigenvalue weighted by molar-refractivity contribution is 0.645. The molecule has 0 fully saturated rings. The van der Waals surface area contributed by atoms with Crippen molar-refractivity contribution >= 4 is 54.4 Å². The second kappa shape index (κ2) is 7.55. The van der Waals surface area contributed by atoms with Crippen LogP contribution in [0.25, 0.3) is 71.3 Å². The Balaban J connectivity index is 1.52. The Bertz CT molecular complexity index is 2360. The van der Waals surface area contributed by atoms with E-state index in [4.69, 9.17) is 9.97 Å². The van der Waals surface area contributed by atoms with Crippen LogP contribution >= 0.6 is 0 Å². The molecule has 0 bridgehead atoms. The monoisotopic (exact) mass is 511 g/mol. The Labute approximate surface area is 231 Å². The second-order valence-electron chi connectivity index (χ2n) is 11.5. The van der Waals surface area contributed by atoms with Crippen LogP contribution in [0.1, 0.15) is 25.0 Å². The molecule has 9 rings (SSSR count). The Morgan fingerprint density at radius 3 is 2.30 bits per heavy atom. The van der Waals surface area contributed by atoms with Crippen LogP contribution in [0.2, 0.25) is 0 Å². The van der Waals surface area contributed by atoms with Gasteiger partial charge >= 0.3 is 0 Å². The van der Waals surface area contributed by atoms with Gasteiger partial charge in [-0.05, 0) is 57.8 Å². The normalized spacial score (nSPS) is 13.9. The third-order valence-corrected chi connectivity index (χ3v) is 8.99. The van der Waals surface area contributed by atoms with E-state index in [1.807, 2.05) is 12.3 Å². The molecular formula is C37H25N3. The van der Waals surface area contributed by atoms with Gasteiger partial charge in [0.05, 0.1) is 22.1 Å². The molecule has 8 aromatic rings. The van der Waals surface area contributed by atoms with Gasteiger partial charge in [0.25, 0.3) is 0 Å². The summed E-state index contributed by atoms with van der Waals surface area (Å²) in [7, 11) is 0. The first kappa shape index (κ1) is 21.9. The van der Waals surface area contributed by atoms with E-state index in [2.05, 4.69) is 122 Å². The van der Waals surface area contributed by atoms with E-state index < -0.39 is 0 Å². The van der Waals surface area contributed by atoms with E-state index in [0.717, 1.165) is 33.1 Å². The van der Waals surface area contributed by atoms with E-state index in [-0.39, 0.29) is 5.41 Å². The van der Waals surface area contributed by atoms with Crippen LogP contribution in [-0.2, 0) is 5.41 Å². The van der Waals surface area contributed by atoms with Crippen LogP contribution in [0.15, 0.2) is 115 Å². The molecule has 3 aromatic heterocycles. The minimum Gasteiger partial charge on any atom is -0.293 e. The average Bonchev–Trinajstić information content (AvgIpc) is 3.33. The lowest BCUT2D eigenvalue weighted by atomic mass is 9.68. The summed E-state index contributed by atoms with van der Waals surface area (Å²) in [6.45, 7) is 4.71. The topological polar surface area (TPSA) is 30.7 Å². The second-order valence-corrected chi connectivity index (χ2v) is 11.5. The summed E-state index contributed by atoms with van der Waals surface area (Å²) in [5.74, 6) is 0.909. The van der Waals surface area contributed by atoms with Crippen LogP contribution in [0, 0.1) is 0 Å². The maximum absolute atomic E-state index is 5.33. The molecule has 3 nitrogen and oxygen atoms in total. The maximum atomic E-state index is 5.33. The lowest BCUT2D eigenvalue weighted by Crippen LogP contribution is -2.23. The fourth-order valence-corrected chi connectivity index (χ4v) is 7.15. The quantitative estimate of drug-likeness (QED) is 0.206. The van der Waals surface area contributed by atoms with Crippen molar-refractivity contribution in [1.29, 1.82) is 0 Å². The third kappa shape index (κ3) is 2.69. The van der Waals surface area contributed by atoms with E-state index in [1.165, 1.54) is 49.3 Å². The van der Waals surface area contributed by atoms with Crippen molar-refractivity contribution in [3.63, 3.8) is 0 Å². The Hall–Kier alpha value is -5.02. The maximum Gasteiger partial charge on any atom is 0.138 e. The zero-order valence-corrected chi connectivity index (χ0v) is 22.3. The highest BCUT2D eigenvalue weighted by Crippen LogP contribution is 2.52. The Kier molecular flexibility index (Phi) is 4.13. The first-order chi connectivity index (χ1) is 19.6. The van der Waals surface area contributed by atoms with Crippen molar-refractivity contribution in [2.45, 2.75) is 19.3 Å². The predicted molar refractivity (Wildman–Crippen MR) is 166 cm³/mol. The molecule has 0 radical (unpaired) electrons. The van der Waals surface area contributed by atoms with Crippen molar-refractivity contribution in [2.24, 2.45) is 0 Å². The standard InChI is InChI=1S/C37H25N3/c1-37(2)28-13-5-3-12-26(28)33-32-24(9-7-14-29(32)37)21-27-25-11-4-6-15-30(25)40(36(27)33)31-19-18-23-17-16-22-10-8-20-38-34(22)35(23)39-31/h3-21H,1-2H3. The van der Waals surface area contributed by atoms with Crippen molar-refractivity contribution in [3.05, 3.63) is 127 Å². The molecule has 0 atom stereocenters. The number of para-hydroxylation sites is 1. The molecule has 0 N–H and O–H groups in total. The minimum absolute atomic E-state index is 0.0978. The molecule has 0 saturated heterocycles. The molecule has 188 valence electrons. The summed E-state index contributed by atoms with van der Waals surface area (Å²) in [6.07, 6.45) is 1.85. The van der Waals surface area contributed by atoms with Crippen LogP contribution in [0.5, 0.6) is 0 Å². The zero-order chi connectivity index (χ0) is 26.6. The molecule has 1 aliphatic carbocycles. The first-order valence-corrected chi connectivity index (χ1v) is 13.9. The van der Waals surface area contributed by atoms with Gasteiger partial charge in [0, 0.05) is 38.7 Å². The molecule has 0 saturated carbocycles. The summed E-state index contributed by atoms with van der Waals surface area (Å²) in [6, 6.07) is 39.6. The Morgan fingerprint density at radius 2 is 1.38 bits per heavy atom. The first-order valence-electron chi connectivity index (χ1n) is 13.9. The van der Waals surface area contributed by atoms with Gasteiger partial charge in [-0.15, -0.1) is 0 Å². The van der Waals surface area contributed by atoms with Gasteiger partial charge in [0.15, 0.2) is 0 Å². The fraction of sp³-hybridized carbons (Fsp3) is 0.0811. The highest BCUT2D eigenvalue weighted by atomic mass is 15.1. The molecule has 0 unspecified atom stereocenters. The van der Waals surface area contributed by atoms with Gasteiger partial charge in [0.2, 0.25) is 0 Å². The zero-order valence-electron chi connectivity index (χ0n) is 22.3. The van der Waals surface area contributed by atoms with Gasteiger partial charge in [-0.3, -0.25) is 9.55 Å². The number of nitrogens with zero attached hydrogens (tertiary/aromatic N) is 3. The number of hydrogen-bond donors (Lipinski definition) is 0. The van der Waals surface area contributed by atoms with Crippen LogP contribution in [0.4, 0.5) is 0 Å². The molecule has 1 aliphatic rings. The Morgan fingerprint density at radius 1 is 0.625 bits per heavy atom. The van der Waals surface area contributed by atoms with E-state index in [0.29, 0.717) is 0 Å². The van der Waals surface area contributed by atoms with Crippen LogP contribution < -0.4 is 0 Å². The smallest absolute Gasteiger partial charge is 0.138 e. The van der Waals surface area contributed by atoms with E-state index in [9.17, 15) is 0 Å². The summed E-state index contributed by atoms with van der Waals surface area (Å²) in [5, 5.41) is 7.31. The summed E-state index contributed by atoms with van der Waals surface area (Å²) >= 11 is 0. The molecule has 0 aliphatic heterocycles. The van der Waals surface area contributed by atoms with Gasteiger partial charge in [-0.2, -0.15) is 0 Å². The third-order valence-electron chi connectivity index (χ3n) is 8.99. The van der Waals surface area contributed by atoms with Crippen LogP contribution in [0.3, 0.4) is 0 Å². The average molecular weight is 512 g/mol. The van der Waals surface area contributed by atoms with E-state index >= 15 is 0 Å². The van der Waals surface area contributed by atoms with Gasteiger partial charge < -0.3 is 0 Å². The molecule has 3 heterocycles. The summed E-state index contributed by atoms with van der Waals surface area (Å²) < 4.78 is 2.38. The number of fused-ring (bicyclic) bond motifs is 9. The van der Waals surface area contributed by atoms with Gasteiger partial charge in [0.1, 0.15) is 5.82 Å². The molecule has 40 heavy (non-hydrogen) atoms. The van der Waals surface area contributed by atoms with Crippen LogP contribution in [-0.4, -0.2) is 14.5 Å². The number of hydrogen-bond acceptors (Lipinski definition) is 2. The highest BCUT2D eigenvalue weighted by Gasteiger charge is 2.35. The van der Waals surface area contributed by atoms with Crippen molar-refractivity contribution < 1.29 is 0 Å². The molecular weight excluding hydrogens is 486 g/mol.